The minimum atomic E-state index is 0.0821. The van der Waals surface area contributed by atoms with Crippen LogP contribution in [0.3, 0.4) is 0 Å². The number of hydrogen-bond donors (Lipinski definition) is 2. The number of methoxy groups -OCH3 is 1. The molecule has 0 fully saturated rings. The zero-order chi connectivity index (χ0) is 11.0. The average molecular weight is 198 g/mol. The minimum Gasteiger partial charge on any atom is -0.402 e. The number of nitrogens with two attached hydrogens (primary N) is 1. The van der Waals surface area contributed by atoms with Crippen molar-refractivity contribution in [3.05, 3.63) is 11.3 Å². The molecule has 0 radical (unpaired) electrons. The van der Waals surface area contributed by atoms with E-state index < -0.39 is 0 Å². The van der Waals surface area contributed by atoms with Crippen LogP contribution < -0.4 is 5.73 Å². The van der Waals surface area contributed by atoms with Crippen LogP contribution in [0.5, 0.6) is 0 Å². The minimum absolute atomic E-state index is 0.0821. The van der Waals surface area contributed by atoms with Gasteiger partial charge in [0.25, 0.3) is 0 Å². The highest BCUT2D eigenvalue weighted by Gasteiger charge is 2.16. The third-order valence-electron chi connectivity index (χ3n) is 2.05. The molecule has 0 saturated carbocycles. The van der Waals surface area contributed by atoms with Crippen molar-refractivity contribution in [2.75, 3.05) is 14.2 Å². The molecule has 0 saturated heterocycles. The standard InChI is InChI=1S/C8H12N2O.C2H6O/c9-4-7-2-1-6(5-11)3-8(7)10;1-3-2/h4-6,9H,1-3,10H2;1-2H3. The van der Waals surface area contributed by atoms with Gasteiger partial charge in [0.15, 0.2) is 0 Å². The zero-order valence-electron chi connectivity index (χ0n) is 8.75. The Morgan fingerprint density at radius 2 is 2.14 bits per heavy atom. The normalized spacial score (nSPS) is 20.9. The highest BCUT2D eigenvalue weighted by Crippen LogP contribution is 2.23. The highest BCUT2D eigenvalue weighted by molar-refractivity contribution is 5.77. The fourth-order valence-electron chi connectivity index (χ4n) is 1.30. The van der Waals surface area contributed by atoms with Crippen LogP contribution >= 0.6 is 0 Å². The van der Waals surface area contributed by atoms with E-state index in [-0.39, 0.29) is 5.92 Å². The van der Waals surface area contributed by atoms with Crippen LogP contribution in [0, 0.1) is 11.3 Å². The van der Waals surface area contributed by atoms with E-state index in [1.165, 1.54) is 6.21 Å². The molecule has 0 aromatic carbocycles. The van der Waals surface area contributed by atoms with Crippen molar-refractivity contribution >= 4 is 12.5 Å². The summed E-state index contributed by atoms with van der Waals surface area (Å²) in [5.41, 5.74) is 7.23. The van der Waals surface area contributed by atoms with Crippen molar-refractivity contribution in [3.8, 4) is 0 Å². The first-order valence-corrected chi connectivity index (χ1v) is 4.53. The molecule has 4 heteroatoms. The zero-order valence-corrected chi connectivity index (χ0v) is 8.75. The SMILES string of the molecule is COC.N=CC1=C(N)CC(C=O)CC1. The molecule has 4 nitrogen and oxygen atoms in total. The molecule has 1 rings (SSSR count). The molecule has 0 aliphatic heterocycles. The number of ether oxygens (including phenoxy) is 1. The average Bonchev–Trinajstić information content (AvgIpc) is 2.19. The molecule has 1 atom stereocenters. The number of aldehydes is 1. The molecular weight excluding hydrogens is 180 g/mol. The lowest BCUT2D eigenvalue weighted by Gasteiger charge is -2.18. The molecule has 0 aromatic heterocycles. The van der Waals surface area contributed by atoms with Gasteiger partial charge in [-0.1, -0.05) is 0 Å². The lowest BCUT2D eigenvalue weighted by molar-refractivity contribution is -0.111. The molecule has 0 heterocycles. The van der Waals surface area contributed by atoms with E-state index in [4.69, 9.17) is 11.1 Å². The molecule has 1 unspecified atom stereocenters. The molecule has 0 spiro atoms. The number of allylic oxidation sites excluding steroid dienone is 2. The number of carbonyl (C=O) groups excluding carboxylic acids is 1. The van der Waals surface area contributed by atoms with E-state index in [9.17, 15) is 4.79 Å². The van der Waals surface area contributed by atoms with Gasteiger partial charge in [0.2, 0.25) is 0 Å². The predicted molar refractivity (Wildman–Crippen MR) is 56.3 cm³/mol. The first kappa shape index (κ1) is 12.8. The second kappa shape index (κ2) is 7.26. The number of carbonyl (C=O) groups is 1. The Kier molecular flexibility index (Phi) is 6.66. The second-order valence-corrected chi connectivity index (χ2v) is 3.24. The van der Waals surface area contributed by atoms with Crippen LogP contribution in [0.4, 0.5) is 0 Å². The summed E-state index contributed by atoms with van der Waals surface area (Å²) in [5.74, 6) is 0.0821. The molecule has 1 aliphatic carbocycles. The van der Waals surface area contributed by atoms with E-state index in [1.807, 2.05) is 0 Å². The van der Waals surface area contributed by atoms with Crippen molar-refractivity contribution in [1.29, 1.82) is 5.41 Å². The molecular formula is C10H18N2O2. The fraction of sp³-hybridized carbons (Fsp3) is 0.600. The van der Waals surface area contributed by atoms with Crippen LogP contribution in [0.25, 0.3) is 0 Å². The van der Waals surface area contributed by atoms with Crippen molar-refractivity contribution in [2.45, 2.75) is 19.3 Å². The summed E-state index contributed by atoms with van der Waals surface area (Å²) in [6.07, 6.45) is 4.49. The quantitative estimate of drug-likeness (QED) is 0.515. The van der Waals surface area contributed by atoms with Crippen LogP contribution in [-0.2, 0) is 9.53 Å². The molecule has 80 valence electrons. The molecule has 3 N–H and O–H groups in total. The summed E-state index contributed by atoms with van der Waals surface area (Å²) in [7, 11) is 3.25. The third kappa shape index (κ3) is 4.18. The van der Waals surface area contributed by atoms with Gasteiger partial charge >= 0.3 is 0 Å². The lowest BCUT2D eigenvalue weighted by atomic mass is 9.89. The largest absolute Gasteiger partial charge is 0.402 e. The fourth-order valence-corrected chi connectivity index (χ4v) is 1.30. The predicted octanol–water partition coefficient (Wildman–Crippen LogP) is 1.11. The van der Waals surface area contributed by atoms with Gasteiger partial charge in [-0.25, -0.2) is 0 Å². The van der Waals surface area contributed by atoms with Crippen LogP contribution in [-0.4, -0.2) is 26.7 Å². The number of hydrogen-bond acceptors (Lipinski definition) is 4. The van der Waals surface area contributed by atoms with Gasteiger partial charge in [-0.15, -0.1) is 0 Å². The Balaban J connectivity index is 0.000000500. The summed E-state index contributed by atoms with van der Waals surface area (Å²) in [5, 5.41) is 7.00. The third-order valence-corrected chi connectivity index (χ3v) is 2.05. The Hall–Kier alpha value is -1.16. The molecule has 1 aliphatic rings. The van der Waals surface area contributed by atoms with Crippen molar-refractivity contribution < 1.29 is 9.53 Å². The van der Waals surface area contributed by atoms with Gasteiger partial charge in [-0.05, 0) is 24.8 Å². The monoisotopic (exact) mass is 198 g/mol. The number of nitrogens with one attached hydrogen (secondary N) is 1. The van der Waals surface area contributed by atoms with Crippen LogP contribution in [0.15, 0.2) is 11.3 Å². The topological polar surface area (TPSA) is 76.2 Å². The summed E-state index contributed by atoms with van der Waals surface area (Å²) in [4.78, 5) is 10.4. The molecule has 14 heavy (non-hydrogen) atoms. The van der Waals surface area contributed by atoms with Gasteiger partial charge in [0, 0.05) is 32.0 Å². The maximum Gasteiger partial charge on any atom is 0.123 e. The van der Waals surface area contributed by atoms with Crippen molar-refractivity contribution in [1.82, 2.24) is 0 Å². The molecule has 0 bridgehead atoms. The van der Waals surface area contributed by atoms with Crippen LogP contribution in [0.1, 0.15) is 19.3 Å². The maximum absolute atomic E-state index is 10.4. The van der Waals surface area contributed by atoms with Gasteiger partial charge in [-0.2, -0.15) is 0 Å². The van der Waals surface area contributed by atoms with E-state index >= 15 is 0 Å². The first-order valence-electron chi connectivity index (χ1n) is 4.53. The number of rotatable bonds is 2. The van der Waals surface area contributed by atoms with Crippen molar-refractivity contribution in [3.63, 3.8) is 0 Å². The van der Waals surface area contributed by atoms with E-state index in [0.717, 1.165) is 24.7 Å². The molecule has 0 aromatic rings. The summed E-state index contributed by atoms with van der Waals surface area (Å²) in [6.45, 7) is 0. The van der Waals surface area contributed by atoms with Gasteiger partial charge in [0.1, 0.15) is 6.29 Å². The molecule has 0 amide bonds. The van der Waals surface area contributed by atoms with Gasteiger partial charge in [-0.3, -0.25) is 0 Å². The smallest absolute Gasteiger partial charge is 0.123 e. The summed E-state index contributed by atoms with van der Waals surface area (Å²) in [6, 6.07) is 0. The Bertz CT molecular complexity index is 224. The van der Waals surface area contributed by atoms with Gasteiger partial charge in [0.05, 0.1) is 0 Å². The highest BCUT2D eigenvalue weighted by atomic mass is 16.4. The Morgan fingerprint density at radius 1 is 1.57 bits per heavy atom. The Labute approximate surface area is 84.6 Å². The first-order chi connectivity index (χ1) is 6.69. The van der Waals surface area contributed by atoms with Crippen molar-refractivity contribution in [2.24, 2.45) is 11.7 Å². The maximum atomic E-state index is 10.4. The second-order valence-electron chi connectivity index (χ2n) is 3.24. The summed E-state index contributed by atoms with van der Waals surface area (Å²) >= 11 is 0. The van der Waals surface area contributed by atoms with E-state index in [0.29, 0.717) is 12.1 Å². The van der Waals surface area contributed by atoms with Gasteiger partial charge < -0.3 is 20.7 Å². The Morgan fingerprint density at radius 3 is 2.50 bits per heavy atom. The summed E-state index contributed by atoms with van der Waals surface area (Å²) < 4.78 is 4.25. The van der Waals surface area contributed by atoms with E-state index in [1.54, 1.807) is 14.2 Å². The van der Waals surface area contributed by atoms with Crippen LogP contribution in [0.2, 0.25) is 0 Å². The lowest BCUT2D eigenvalue weighted by Crippen LogP contribution is -2.16. The van der Waals surface area contributed by atoms with E-state index in [2.05, 4.69) is 4.74 Å².